The third-order valence-corrected chi connectivity index (χ3v) is 2.04. The van der Waals surface area contributed by atoms with E-state index in [4.69, 9.17) is 4.74 Å². The zero-order chi connectivity index (χ0) is 12.9. The molecule has 0 radical (unpaired) electrons. The van der Waals surface area contributed by atoms with Crippen molar-refractivity contribution in [2.24, 2.45) is 5.92 Å². The topological polar surface area (TPSA) is 43.4 Å². The molecular weight excluding hydrogens is 204 g/mol. The summed E-state index contributed by atoms with van der Waals surface area (Å²) in [6.07, 6.45) is 0.538. The summed E-state index contributed by atoms with van der Waals surface area (Å²) in [4.78, 5) is 23.1. The number of ether oxygens (including phenoxy) is 1. The van der Waals surface area contributed by atoms with Crippen LogP contribution < -0.4 is 0 Å². The van der Waals surface area contributed by atoms with Crippen LogP contribution in [0.1, 0.15) is 48.0 Å². The average Bonchev–Trinajstić information content (AvgIpc) is 1.98. The second-order valence-corrected chi connectivity index (χ2v) is 4.76. The fraction of sp³-hybridized carbons (Fsp3) is 0.692. The molecule has 16 heavy (non-hydrogen) atoms. The van der Waals surface area contributed by atoms with Crippen molar-refractivity contribution in [1.82, 2.24) is 0 Å². The van der Waals surface area contributed by atoms with Crippen LogP contribution in [0.4, 0.5) is 0 Å². The van der Waals surface area contributed by atoms with Gasteiger partial charge in [-0.3, -0.25) is 4.79 Å². The van der Waals surface area contributed by atoms with Gasteiger partial charge in [0.15, 0.2) is 5.78 Å². The standard InChI is InChI=1S/C13H22O3/c1-8(2)7-10(5)12(11(6)14)13(15)16-9(3)4/h8-9H,7H2,1-6H3. The normalized spacial score (nSPS) is 12.8. The molecule has 0 aromatic carbocycles. The first-order chi connectivity index (χ1) is 7.25. The maximum atomic E-state index is 11.7. The fourth-order valence-electron chi connectivity index (χ4n) is 1.61. The number of rotatable bonds is 5. The number of Topliss-reactive ketones (excluding diaryl/α,β-unsaturated/α-hetero) is 1. The first-order valence-corrected chi connectivity index (χ1v) is 5.67. The number of hydrogen-bond acceptors (Lipinski definition) is 3. The highest BCUT2D eigenvalue weighted by atomic mass is 16.5. The number of ketones is 1. The molecule has 3 nitrogen and oxygen atoms in total. The van der Waals surface area contributed by atoms with Gasteiger partial charge in [0, 0.05) is 0 Å². The highest BCUT2D eigenvalue weighted by Gasteiger charge is 2.20. The lowest BCUT2D eigenvalue weighted by Crippen LogP contribution is -2.19. The molecular formula is C13H22O3. The van der Waals surface area contributed by atoms with Crippen molar-refractivity contribution in [3.8, 4) is 0 Å². The quantitative estimate of drug-likeness (QED) is 0.313. The highest BCUT2D eigenvalue weighted by molar-refractivity contribution is 6.17. The van der Waals surface area contributed by atoms with Crippen LogP contribution in [0.5, 0.6) is 0 Å². The van der Waals surface area contributed by atoms with Crippen molar-refractivity contribution in [2.45, 2.75) is 54.1 Å². The van der Waals surface area contributed by atoms with Gasteiger partial charge in [0.05, 0.1) is 6.10 Å². The van der Waals surface area contributed by atoms with Crippen LogP contribution in [-0.2, 0) is 14.3 Å². The van der Waals surface area contributed by atoms with E-state index in [0.717, 1.165) is 12.0 Å². The van der Waals surface area contributed by atoms with Gasteiger partial charge in [-0.25, -0.2) is 4.79 Å². The Morgan fingerprint density at radius 3 is 1.88 bits per heavy atom. The Morgan fingerprint density at radius 2 is 1.56 bits per heavy atom. The van der Waals surface area contributed by atoms with Gasteiger partial charge in [0.2, 0.25) is 0 Å². The molecule has 3 heteroatoms. The molecule has 0 amide bonds. The first kappa shape index (κ1) is 14.9. The van der Waals surface area contributed by atoms with Gasteiger partial charge < -0.3 is 4.74 Å². The van der Waals surface area contributed by atoms with Gasteiger partial charge in [-0.2, -0.15) is 0 Å². The molecule has 0 N–H and O–H groups in total. The van der Waals surface area contributed by atoms with Crippen molar-refractivity contribution in [3.63, 3.8) is 0 Å². The Morgan fingerprint density at radius 1 is 1.06 bits per heavy atom. The Kier molecular flexibility index (Phi) is 6.01. The van der Waals surface area contributed by atoms with E-state index >= 15 is 0 Å². The lowest BCUT2D eigenvalue weighted by atomic mass is 9.97. The zero-order valence-electron chi connectivity index (χ0n) is 11.1. The van der Waals surface area contributed by atoms with Gasteiger partial charge in [0.25, 0.3) is 0 Å². The number of esters is 1. The van der Waals surface area contributed by atoms with Crippen LogP contribution in [-0.4, -0.2) is 17.9 Å². The molecule has 0 heterocycles. The Hall–Kier alpha value is -1.12. The molecule has 0 bridgehead atoms. The molecule has 0 fully saturated rings. The Bertz CT molecular complexity index is 298. The van der Waals surface area contributed by atoms with E-state index in [1.165, 1.54) is 6.92 Å². The molecule has 92 valence electrons. The summed E-state index contributed by atoms with van der Waals surface area (Å²) in [6.45, 7) is 10.9. The number of carbonyl (C=O) groups is 2. The fourth-order valence-corrected chi connectivity index (χ4v) is 1.61. The van der Waals surface area contributed by atoms with E-state index in [2.05, 4.69) is 13.8 Å². The third kappa shape index (κ3) is 5.10. The van der Waals surface area contributed by atoms with Gasteiger partial charge in [-0.05, 0) is 40.0 Å². The molecule has 0 aliphatic rings. The van der Waals surface area contributed by atoms with Gasteiger partial charge in [0.1, 0.15) is 5.57 Å². The highest BCUT2D eigenvalue weighted by Crippen LogP contribution is 2.17. The molecule has 0 aliphatic heterocycles. The third-order valence-electron chi connectivity index (χ3n) is 2.04. The minimum absolute atomic E-state index is 0.200. The molecule has 0 saturated heterocycles. The summed E-state index contributed by atoms with van der Waals surface area (Å²) < 4.78 is 5.06. The van der Waals surface area contributed by atoms with Crippen LogP contribution in [0.2, 0.25) is 0 Å². The van der Waals surface area contributed by atoms with Gasteiger partial charge in [-0.1, -0.05) is 19.4 Å². The monoisotopic (exact) mass is 226 g/mol. The van der Waals surface area contributed by atoms with Gasteiger partial charge >= 0.3 is 5.97 Å². The summed E-state index contributed by atoms with van der Waals surface area (Å²) in [5.41, 5.74) is 1.02. The van der Waals surface area contributed by atoms with Crippen LogP contribution in [0.3, 0.4) is 0 Å². The van der Waals surface area contributed by atoms with E-state index in [1.54, 1.807) is 13.8 Å². The molecule has 0 unspecified atom stereocenters. The van der Waals surface area contributed by atoms with E-state index in [-0.39, 0.29) is 17.5 Å². The van der Waals surface area contributed by atoms with Crippen molar-refractivity contribution >= 4 is 11.8 Å². The summed E-state index contributed by atoms with van der Waals surface area (Å²) >= 11 is 0. The maximum absolute atomic E-state index is 11.7. The number of carbonyl (C=O) groups excluding carboxylic acids is 2. The first-order valence-electron chi connectivity index (χ1n) is 5.67. The maximum Gasteiger partial charge on any atom is 0.341 e. The summed E-state index contributed by atoms with van der Waals surface area (Å²) in [7, 11) is 0. The van der Waals surface area contributed by atoms with Crippen LogP contribution in [0.25, 0.3) is 0 Å². The number of hydrogen-bond donors (Lipinski definition) is 0. The number of allylic oxidation sites excluding steroid dienone is 1. The zero-order valence-corrected chi connectivity index (χ0v) is 11.1. The Balaban J connectivity index is 4.99. The van der Waals surface area contributed by atoms with Crippen LogP contribution in [0.15, 0.2) is 11.1 Å². The van der Waals surface area contributed by atoms with E-state index in [9.17, 15) is 9.59 Å². The van der Waals surface area contributed by atoms with Crippen molar-refractivity contribution < 1.29 is 14.3 Å². The van der Waals surface area contributed by atoms with E-state index < -0.39 is 5.97 Å². The second-order valence-electron chi connectivity index (χ2n) is 4.76. The molecule has 0 aromatic rings. The SMILES string of the molecule is CC(=O)C(C(=O)OC(C)C)=C(C)CC(C)C. The van der Waals surface area contributed by atoms with E-state index in [0.29, 0.717) is 5.92 Å². The summed E-state index contributed by atoms with van der Waals surface area (Å²) in [5.74, 6) is -0.300. The summed E-state index contributed by atoms with van der Waals surface area (Å²) in [6, 6.07) is 0. The van der Waals surface area contributed by atoms with Gasteiger partial charge in [-0.15, -0.1) is 0 Å². The lowest BCUT2D eigenvalue weighted by Gasteiger charge is -2.13. The van der Waals surface area contributed by atoms with Crippen molar-refractivity contribution in [2.75, 3.05) is 0 Å². The summed E-state index contributed by atoms with van der Waals surface area (Å²) in [5, 5.41) is 0. The molecule has 0 aliphatic carbocycles. The molecule has 0 spiro atoms. The molecule has 0 aromatic heterocycles. The predicted molar refractivity (Wildman–Crippen MR) is 64.1 cm³/mol. The molecule has 0 rings (SSSR count). The van der Waals surface area contributed by atoms with Crippen LogP contribution in [0, 0.1) is 5.92 Å². The molecule has 0 atom stereocenters. The van der Waals surface area contributed by atoms with Crippen molar-refractivity contribution in [3.05, 3.63) is 11.1 Å². The largest absolute Gasteiger partial charge is 0.459 e. The Labute approximate surface area is 97.9 Å². The predicted octanol–water partition coefficient (Wildman–Crippen LogP) is 2.89. The minimum atomic E-state index is -0.499. The van der Waals surface area contributed by atoms with E-state index in [1.807, 2.05) is 6.92 Å². The average molecular weight is 226 g/mol. The van der Waals surface area contributed by atoms with Crippen LogP contribution >= 0.6 is 0 Å². The lowest BCUT2D eigenvalue weighted by molar-refractivity contribution is -0.143. The molecule has 0 saturated carbocycles. The second kappa shape index (κ2) is 6.46. The van der Waals surface area contributed by atoms with Crippen molar-refractivity contribution in [1.29, 1.82) is 0 Å². The minimum Gasteiger partial charge on any atom is -0.459 e. The smallest absolute Gasteiger partial charge is 0.341 e.